The third kappa shape index (κ3) is 8.29. The van der Waals surface area contributed by atoms with Gasteiger partial charge in [-0.2, -0.15) is 0 Å². The maximum atomic E-state index is 16.0. The van der Waals surface area contributed by atoms with Gasteiger partial charge in [0.2, 0.25) is 11.2 Å². The summed E-state index contributed by atoms with van der Waals surface area (Å²) in [6.07, 6.45) is -2.95. The second kappa shape index (κ2) is 18.5. The number of anilines is 4. The summed E-state index contributed by atoms with van der Waals surface area (Å²) in [6.45, 7) is 12.2. The second-order valence-corrected chi connectivity index (χ2v) is 16.6. The van der Waals surface area contributed by atoms with Gasteiger partial charge in [-0.05, 0) is 39.8 Å². The molecule has 2 amide bonds. The molecule has 0 N–H and O–H groups in total. The third-order valence-corrected chi connectivity index (χ3v) is 11.7. The molecule has 0 saturated carbocycles. The van der Waals surface area contributed by atoms with E-state index >= 15 is 8.78 Å². The first kappa shape index (κ1) is 44.3. The molecule has 20 nitrogen and oxygen atoms in total. The minimum absolute atomic E-state index is 0.0422. The molecule has 0 aliphatic carbocycles. The van der Waals surface area contributed by atoms with E-state index in [0.29, 0.717) is 85.9 Å². The van der Waals surface area contributed by atoms with Gasteiger partial charge in [0.25, 0.3) is 0 Å². The predicted octanol–water partition coefficient (Wildman–Crippen LogP) is 5.20. The Morgan fingerprint density at radius 3 is 1.31 bits per heavy atom. The smallest absolute Gasteiger partial charge is 0.416 e. The Morgan fingerprint density at radius 1 is 0.609 bits per heavy atom. The van der Waals surface area contributed by atoms with E-state index in [2.05, 4.69) is 10.3 Å². The summed E-state index contributed by atoms with van der Waals surface area (Å²) < 4.78 is 98.1. The van der Waals surface area contributed by atoms with Crippen molar-refractivity contribution in [1.82, 2.24) is 10.3 Å². The molecule has 6 aliphatic rings. The average Bonchev–Trinajstić information content (AvgIpc) is 4.12. The van der Waals surface area contributed by atoms with Crippen molar-refractivity contribution in [1.29, 1.82) is 0 Å². The van der Waals surface area contributed by atoms with Crippen LogP contribution in [0, 0.1) is 11.6 Å². The summed E-state index contributed by atoms with van der Waals surface area (Å²) >= 11 is 0. The van der Waals surface area contributed by atoms with Crippen LogP contribution in [0.5, 0.6) is 0 Å². The lowest BCUT2D eigenvalue weighted by Crippen LogP contribution is -2.46. The number of halogens is 2. The van der Waals surface area contributed by atoms with Crippen molar-refractivity contribution >= 4 is 57.1 Å². The summed E-state index contributed by atoms with van der Waals surface area (Å²) in [5, 5.41) is 8.75. The van der Waals surface area contributed by atoms with Gasteiger partial charge in [0.15, 0.2) is 35.9 Å². The van der Waals surface area contributed by atoms with E-state index in [1.54, 1.807) is 12.1 Å². The zero-order chi connectivity index (χ0) is 44.8. The number of carbonyl (C=O) groups is 2. The molecule has 6 atom stereocenters. The maximum absolute atomic E-state index is 16.0. The van der Waals surface area contributed by atoms with Crippen LogP contribution in [0.15, 0.2) is 21.2 Å². The number of morpholine rings is 2. The van der Waals surface area contributed by atoms with Gasteiger partial charge in [0, 0.05) is 51.5 Å². The highest BCUT2D eigenvalue weighted by atomic mass is 19.1. The Labute approximate surface area is 366 Å². The lowest BCUT2D eigenvalue weighted by Gasteiger charge is -2.38. The standard InChI is InChI=1S/2C21H26FN3O7/c2*1-11-7-24(8-12(2)31-11)17-14(20-28-4-5-29-20)6-15-18(16(17)22)32-23-19(15)25-13(9-27-3)10-30-21(25)26/h2*6,11-13,20H,4-5,7-10H2,1-3H3/t2*11-,12+,13-/m10/s1. The van der Waals surface area contributed by atoms with Gasteiger partial charge in [-0.3, -0.25) is 0 Å². The van der Waals surface area contributed by atoms with Crippen LogP contribution in [-0.2, 0) is 47.4 Å². The first-order valence-electron chi connectivity index (χ1n) is 21.4. The molecule has 6 aliphatic heterocycles. The molecule has 2 aromatic carbocycles. The van der Waals surface area contributed by atoms with Gasteiger partial charge in [-0.25, -0.2) is 28.2 Å². The first-order valence-corrected chi connectivity index (χ1v) is 21.4. The highest BCUT2D eigenvalue weighted by Gasteiger charge is 2.42. The number of cyclic esters (lactones) is 2. The Morgan fingerprint density at radius 2 is 0.969 bits per heavy atom. The number of methoxy groups -OCH3 is 2. The molecular weight excluding hydrogens is 850 g/mol. The molecule has 0 bridgehead atoms. The van der Waals surface area contributed by atoms with E-state index in [4.69, 9.17) is 56.4 Å². The normalized spacial score (nSPS) is 27.0. The number of nitrogens with zero attached hydrogens (tertiary/aromatic N) is 6. The summed E-state index contributed by atoms with van der Waals surface area (Å²) in [5.74, 6) is -0.795. The van der Waals surface area contributed by atoms with Crippen molar-refractivity contribution in [2.45, 2.75) is 76.8 Å². The zero-order valence-corrected chi connectivity index (χ0v) is 36.4. The van der Waals surface area contributed by atoms with Gasteiger partial charge in [-0.15, -0.1) is 0 Å². The number of aromatic nitrogens is 2. The molecule has 0 radical (unpaired) electrons. The Kier molecular flexibility index (Phi) is 12.8. The van der Waals surface area contributed by atoms with E-state index in [0.717, 1.165) is 0 Å². The zero-order valence-electron chi connectivity index (χ0n) is 36.4. The second-order valence-electron chi connectivity index (χ2n) is 16.6. The maximum Gasteiger partial charge on any atom is 0.416 e. The number of rotatable bonds is 10. The molecule has 2 aromatic heterocycles. The molecule has 64 heavy (non-hydrogen) atoms. The summed E-state index contributed by atoms with van der Waals surface area (Å²) in [7, 11) is 3.07. The fourth-order valence-corrected chi connectivity index (χ4v) is 9.29. The lowest BCUT2D eigenvalue weighted by molar-refractivity contribution is -0.0446. The van der Waals surface area contributed by atoms with Crippen molar-refractivity contribution < 1.29 is 74.8 Å². The number of fused-ring (bicyclic) bond motifs is 2. The Hall–Kier alpha value is -4.94. The Bertz CT molecular complexity index is 2160. The van der Waals surface area contributed by atoms with E-state index in [1.807, 2.05) is 37.5 Å². The fraction of sp³-hybridized carbons (Fsp3) is 0.619. The molecule has 10 rings (SSSR count). The molecular formula is C42H52F2N6O14. The molecule has 22 heteroatoms. The van der Waals surface area contributed by atoms with Crippen LogP contribution in [-0.4, -0.2) is 152 Å². The van der Waals surface area contributed by atoms with Crippen LogP contribution in [0.2, 0.25) is 0 Å². The predicted molar refractivity (Wildman–Crippen MR) is 221 cm³/mol. The number of carbonyl (C=O) groups excluding carboxylic acids is 2. The molecule has 0 unspecified atom stereocenters. The number of benzene rings is 2. The van der Waals surface area contributed by atoms with Gasteiger partial charge in [0.1, 0.15) is 13.2 Å². The minimum Gasteiger partial charge on any atom is -0.447 e. The van der Waals surface area contributed by atoms with Gasteiger partial charge < -0.3 is 66.2 Å². The molecule has 0 spiro atoms. The molecule has 6 saturated heterocycles. The molecule has 348 valence electrons. The highest BCUT2D eigenvalue weighted by Crippen LogP contribution is 2.44. The quantitative estimate of drug-likeness (QED) is 0.202. The summed E-state index contributed by atoms with van der Waals surface area (Å²) in [5.41, 5.74) is 1.64. The van der Waals surface area contributed by atoms with E-state index in [1.165, 1.54) is 24.0 Å². The topological polar surface area (TPSA) is 191 Å². The minimum atomic E-state index is -0.736. The van der Waals surface area contributed by atoms with Crippen molar-refractivity contribution in [3.05, 3.63) is 34.9 Å². The molecule has 8 heterocycles. The lowest BCUT2D eigenvalue weighted by atomic mass is 10.0. The molecule has 6 fully saturated rings. The van der Waals surface area contributed by atoms with Crippen molar-refractivity contribution in [2.75, 3.05) is 113 Å². The molecule has 4 aromatic rings. The number of ether oxygens (including phenoxy) is 10. The van der Waals surface area contributed by atoms with Crippen molar-refractivity contribution in [3.8, 4) is 0 Å². The van der Waals surface area contributed by atoms with Gasteiger partial charge >= 0.3 is 12.2 Å². The van der Waals surface area contributed by atoms with E-state index in [9.17, 15) is 9.59 Å². The monoisotopic (exact) mass is 902 g/mol. The van der Waals surface area contributed by atoms with Gasteiger partial charge in [-0.1, -0.05) is 10.3 Å². The van der Waals surface area contributed by atoms with Crippen LogP contribution in [0.25, 0.3) is 21.9 Å². The Balaban J connectivity index is 0.000000162. The van der Waals surface area contributed by atoms with Crippen LogP contribution >= 0.6 is 0 Å². The highest BCUT2D eigenvalue weighted by molar-refractivity contribution is 6.02. The van der Waals surface area contributed by atoms with Crippen LogP contribution < -0.4 is 19.6 Å². The van der Waals surface area contributed by atoms with Crippen molar-refractivity contribution in [2.24, 2.45) is 0 Å². The van der Waals surface area contributed by atoms with E-state index in [-0.39, 0.29) is 73.6 Å². The van der Waals surface area contributed by atoms with Crippen molar-refractivity contribution in [3.63, 3.8) is 0 Å². The summed E-state index contributed by atoms with van der Waals surface area (Å²) in [6, 6.07) is 2.67. The van der Waals surface area contributed by atoms with E-state index < -0.39 is 48.5 Å². The summed E-state index contributed by atoms with van der Waals surface area (Å²) in [4.78, 5) is 31.4. The van der Waals surface area contributed by atoms with Crippen LogP contribution in [0.1, 0.15) is 51.4 Å². The average molecular weight is 903 g/mol. The first-order chi connectivity index (χ1) is 30.9. The van der Waals surface area contributed by atoms with Crippen LogP contribution in [0.3, 0.4) is 0 Å². The largest absolute Gasteiger partial charge is 0.447 e. The van der Waals surface area contributed by atoms with Crippen LogP contribution in [0.4, 0.5) is 41.4 Å². The van der Waals surface area contributed by atoms with Gasteiger partial charge in [0.05, 0.1) is 98.3 Å². The number of hydrogen-bond acceptors (Lipinski definition) is 18. The number of amides is 2. The third-order valence-electron chi connectivity index (χ3n) is 11.7. The fourth-order valence-electron chi connectivity index (χ4n) is 9.29. The SMILES string of the molecule is COC[C@@H]1COC(=O)N1c1noc2c(F)c(N3C[C@@H](C)O[C@@H](C)C3)c(C3OCCO3)cc12.COC[C@H]1COC(=O)N1c1noc2c(F)c(N3C[C@@H](C)O[C@@H](C)C3)c(C3OCCO3)cc12. The number of hydrogen-bond donors (Lipinski definition) is 0.